The van der Waals surface area contributed by atoms with E-state index in [1.54, 1.807) is 0 Å². The van der Waals surface area contributed by atoms with Crippen molar-refractivity contribution in [2.75, 3.05) is 18.0 Å². The van der Waals surface area contributed by atoms with Crippen molar-refractivity contribution < 1.29 is 9.22 Å². The fourth-order valence-electron chi connectivity index (χ4n) is 7.39. The van der Waals surface area contributed by atoms with Crippen molar-refractivity contribution in [3.8, 4) is 0 Å². The lowest BCUT2D eigenvalue weighted by atomic mass is 9.53. The lowest BCUT2D eigenvalue weighted by Crippen LogP contribution is -2.69. The van der Waals surface area contributed by atoms with E-state index in [-0.39, 0.29) is 23.5 Å². The van der Waals surface area contributed by atoms with Gasteiger partial charge in [0.1, 0.15) is 6.42 Å². The number of amides is 1. The van der Waals surface area contributed by atoms with Crippen LogP contribution in [0, 0.1) is 11.8 Å². The molecule has 5 heterocycles. The molecule has 1 amide bonds. The van der Waals surface area contributed by atoms with Crippen LogP contribution in [0.15, 0.2) is 35.9 Å². The molecule has 126 valence electrons. The van der Waals surface area contributed by atoms with Crippen LogP contribution < -0.4 is 4.90 Å². The molecule has 1 aromatic rings. The van der Waals surface area contributed by atoms with Gasteiger partial charge in [-0.2, -0.15) is 0 Å². The molecule has 4 fully saturated rings. The number of para-hydroxylation sites is 1. The number of hydrogen-bond acceptors (Lipinski definition) is 2. The number of allylic oxidation sites excluding steroid dienone is 1. The number of carbonyl (C=O) groups is 1. The Kier molecular flexibility index (Phi) is 2.16. The lowest BCUT2D eigenvalue weighted by molar-refractivity contribution is -0.512. The van der Waals surface area contributed by atoms with Gasteiger partial charge < -0.3 is 4.90 Å². The van der Waals surface area contributed by atoms with E-state index in [0.29, 0.717) is 24.3 Å². The second-order valence-corrected chi connectivity index (χ2v) is 8.68. The summed E-state index contributed by atoms with van der Waals surface area (Å²) in [5.41, 5.74) is 4.26. The SMILES string of the molecule is O=C1C[C@@H]2[O+]=CC=C3CN4CC[C@]56c7ccccc7N1[C@H]5[C@H]2[C@H]3C[C@H]46. The number of aldehydes is 1. The summed E-state index contributed by atoms with van der Waals surface area (Å²) < 4.78 is 6.12. The van der Waals surface area contributed by atoms with Crippen LogP contribution in [0.4, 0.5) is 5.69 Å². The highest BCUT2D eigenvalue weighted by Gasteiger charge is 2.72. The first kappa shape index (κ1) is 13.3. The van der Waals surface area contributed by atoms with Crippen molar-refractivity contribution >= 4 is 17.9 Å². The molecule has 1 saturated carbocycles. The molecular weight excluding hydrogens is 312 g/mol. The van der Waals surface area contributed by atoms with Gasteiger partial charge in [-0.1, -0.05) is 18.2 Å². The van der Waals surface area contributed by atoms with E-state index in [1.165, 1.54) is 29.7 Å². The molecule has 6 atom stereocenters. The van der Waals surface area contributed by atoms with Gasteiger partial charge >= 0.3 is 6.29 Å². The van der Waals surface area contributed by atoms with E-state index in [2.05, 4.69) is 40.1 Å². The van der Waals surface area contributed by atoms with Gasteiger partial charge in [-0.05, 0) is 42.5 Å². The second-order valence-electron chi connectivity index (χ2n) is 8.68. The zero-order chi connectivity index (χ0) is 16.3. The Balaban J connectivity index is 1.57. The number of fused-ring (bicyclic) bond motifs is 2. The molecule has 3 saturated heterocycles. The van der Waals surface area contributed by atoms with Crippen LogP contribution in [0.25, 0.3) is 0 Å². The van der Waals surface area contributed by atoms with Crippen LogP contribution in [0.1, 0.15) is 24.8 Å². The summed E-state index contributed by atoms with van der Waals surface area (Å²) in [5.74, 6) is 1.27. The zero-order valence-corrected chi connectivity index (χ0v) is 14.1. The summed E-state index contributed by atoms with van der Waals surface area (Å²) in [6.07, 6.45) is 7.07. The van der Waals surface area contributed by atoms with Gasteiger partial charge in [0.05, 0.1) is 12.0 Å². The van der Waals surface area contributed by atoms with Gasteiger partial charge in [-0.25, -0.2) is 0 Å². The van der Waals surface area contributed by atoms with E-state index >= 15 is 0 Å². The molecule has 0 radical (unpaired) electrons. The van der Waals surface area contributed by atoms with Gasteiger partial charge in [0.15, 0.2) is 0 Å². The van der Waals surface area contributed by atoms with Crippen molar-refractivity contribution in [3.63, 3.8) is 0 Å². The van der Waals surface area contributed by atoms with Crippen LogP contribution in [-0.2, 0) is 14.6 Å². The van der Waals surface area contributed by atoms with Gasteiger partial charge in [0.25, 0.3) is 6.10 Å². The Labute approximate surface area is 146 Å². The fraction of sp³-hybridized carbons (Fsp3) is 0.524. The zero-order valence-electron chi connectivity index (χ0n) is 14.1. The maximum Gasteiger partial charge on any atom is 0.308 e. The average molecular weight is 333 g/mol. The quantitative estimate of drug-likeness (QED) is 0.536. The highest BCUT2D eigenvalue weighted by Crippen LogP contribution is 2.65. The lowest BCUT2D eigenvalue weighted by Gasteiger charge is -2.56. The van der Waals surface area contributed by atoms with E-state index in [1.807, 2.05) is 6.29 Å². The molecule has 25 heavy (non-hydrogen) atoms. The van der Waals surface area contributed by atoms with Gasteiger partial charge in [-0.3, -0.25) is 14.1 Å². The summed E-state index contributed by atoms with van der Waals surface area (Å²) in [4.78, 5) is 18.0. The predicted molar refractivity (Wildman–Crippen MR) is 93.5 cm³/mol. The second kappa shape index (κ2) is 4.07. The molecule has 2 bridgehead atoms. The summed E-state index contributed by atoms with van der Waals surface area (Å²) in [6.45, 7) is 2.24. The number of piperidine rings is 2. The average Bonchev–Trinajstić information content (AvgIpc) is 3.10. The minimum Gasteiger partial charge on any atom is -0.307 e. The monoisotopic (exact) mass is 333 g/mol. The number of hydrogen-bond donors (Lipinski definition) is 0. The minimum atomic E-state index is 0.0480. The summed E-state index contributed by atoms with van der Waals surface area (Å²) in [6, 6.07) is 9.58. The minimum absolute atomic E-state index is 0.0480. The first-order chi connectivity index (χ1) is 12.3. The molecule has 1 spiro atoms. The molecule has 0 aromatic heterocycles. The van der Waals surface area contributed by atoms with E-state index in [4.69, 9.17) is 4.42 Å². The molecule has 5 aliphatic heterocycles. The largest absolute Gasteiger partial charge is 0.308 e. The Morgan fingerprint density at radius 1 is 1.24 bits per heavy atom. The first-order valence-electron chi connectivity index (χ1n) is 9.62. The Hall–Kier alpha value is -1.94. The van der Waals surface area contributed by atoms with Crippen LogP contribution >= 0.6 is 0 Å². The third-order valence-corrected chi connectivity index (χ3v) is 8.10. The highest BCUT2D eigenvalue weighted by molar-refractivity contribution is 5.99. The van der Waals surface area contributed by atoms with Crippen molar-refractivity contribution in [2.45, 2.75) is 42.9 Å². The number of benzene rings is 1. The van der Waals surface area contributed by atoms with Crippen molar-refractivity contribution in [1.29, 1.82) is 0 Å². The Morgan fingerprint density at radius 3 is 3.12 bits per heavy atom. The molecule has 4 heteroatoms. The van der Waals surface area contributed by atoms with Crippen LogP contribution in [0.5, 0.6) is 0 Å². The maximum atomic E-state index is 13.2. The van der Waals surface area contributed by atoms with Gasteiger partial charge in [-0.15, -0.1) is 0 Å². The molecule has 0 unspecified atom stereocenters. The Bertz CT molecular complexity index is 890. The van der Waals surface area contributed by atoms with Crippen molar-refractivity contribution in [2.24, 2.45) is 11.8 Å². The third-order valence-electron chi connectivity index (χ3n) is 8.10. The van der Waals surface area contributed by atoms with Gasteiger partial charge in [0.2, 0.25) is 5.91 Å². The number of anilines is 1. The number of rotatable bonds is 0. The first-order valence-corrected chi connectivity index (χ1v) is 9.62. The number of carbonyl (C=O) groups excluding carboxylic acids is 2. The maximum absolute atomic E-state index is 13.2. The predicted octanol–water partition coefficient (Wildman–Crippen LogP) is 1.81. The normalized spacial score (nSPS) is 45.3. The van der Waals surface area contributed by atoms with Crippen LogP contribution in [0.3, 0.4) is 0 Å². The molecule has 1 aromatic carbocycles. The molecule has 0 N–H and O–H groups in total. The van der Waals surface area contributed by atoms with E-state index in [9.17, 15) is 4.79 Å². The van der Waals surface area contributed by atoms with E-state index in [0.717, 1.165) is 13.1 Å². The summed E-state index contributed by atoms with van der Waals surface area (Å²) in [7, 11) is 0. The molecule has 7 rings (SSSR count). The molecule has 6 aliphatic rings. The standard InChI is InChI=1S/C21H21N2O2/c24-18-10-16-19-13-9-17-21(6-7-22(17)11-12(13)5-8-25-16)14-3-1-2-4-15(14)23(18)20(19)21/h1-5,8,13,16-17,19-20H,6-7,9-11H2/q+1/t13-,16-,17-,19-,20-,21+/m0/s1. The highest BCUT2D eigenvalue weighted by atomic mass is 16.4. The van der Waals surface area contributed by atoms with Crippen molar-refractivity contribution in [1.82, 2.24) is 4.90 Å². The van der Waals surface area contributed by atoms with E-state index < -0.39 is 0 Å². The summed E-state index contributed by atoms with van der Waals surface area (Å²) in [5, 5.41) is 0. The summed E-state index contributed by atoms with van der Waals surface area (Å²) >= 11 is 0. The topological polar surface area (TPSA) is 34.9 Å². The van der Waals surface area contributed by atoms with Crippen LogP contribution in [0.2, 0.25) is 0 Å². The fourth-order valence-corrected chi connectivity index (χ4v) is 7.39. The molecule has 1 aliphatic carbocycles. The van der Waals surface area contributed by atoms with Crippen LogP contribution in [-0.4, -0.2) is 48.4 Å². The smallest absolute Gasteiger partial charge is 0.307 e. The molecular formula is C21H21N2O2+. The number of nitrogens with zero attached hydrogens (tertiary/aromatic N) is 2. The van der Waals surface area contributed by atoms with Crippen molar-refractivity contribution in [3.05, 3.63) is 41.5 Å². The third kappa shape index (κ3) is 1.29. The van der Waals surface area contributed by atoms with Gasteiger partial charge in [0, 0.05) is 29.8 Å². The molecule has 4 nitrogen and oxygen atoms in total. The Morgan fingerprint density at radius 2 is 2.16 bits per heavy atom.